The number of hydrogen-bond donors (Lipinski definition) is 2. The van der Waals surface area contributed by atoms with Crippen molar-refractivity contribution < 1.29 is 9.59 Å². The van der Waals surface area contributed by atoms with Gasteiger partial charge in [0.2, 0.25) is 11.8 Å². The maximum absolute atomic E-state index is 11.6. The maximum atomic E-state index is 11.6. The van der Waals surface area contributed by atoms with Crippen LogP contribution in [0, 0.1) is 0 Å². The van der Waals surface area contributed by atoms with E-state index in [2.05, 4.69) is 21.2 Å². The number of nitrogens with one attached hydrogen (secondary N) is 1. The third-order valence-electron chi connectivity index (χ3n) is 2.37. The number of halogens is 1. The Morgan fingerprint density at radius 3 is 2.68 bits per heavy atom. The molecule has 6 heteroatoms. The minimum Gasteiger partial charge on any atom is -0.369 e. The van der Waals surface area contributed by atoms with Crippen molar-refractivity contribution in [2.75, 3.05) is 11.5 Å². The van der Waals surface area contributed by atoms with E-state index in [9.17, 15) is 9.59 Å². The summed E-state index contributed by atoms with van der Waals surface area (Å²) in [6, 6.07) is 7.97. The van der Waals surface area contributed by atoms with Crippen LogP contribution < -0.4 is 11.1 Å². The molecule has 0 saturated heterocycles. The van der Waals surface area contributed by atoms with Crippen molar-refractivity contribution in [1.82, 2.24) is 5.32 Å². The molecule has 1 rings (SSSR count). The number of amides is 2. The minimum absolute atomic E-state index is 0.0420. The van der Waals surface area contributed by atoms with Crippen LogP contribution in [0.2, 0.25) is 0 Å². The van der Waals surface area contributed by atoms with E-state index in [1.54, 1.807) is 0 Å². The molecule has 2 amide bonds. The fourth-order valence-electron chi connectivity index (χ4n) is 1.61. The Labute approximate surface area is 125 Å². The van der Waals surface area contributed by atoms with E-state index >= 15 is 0 Å². The molecule has 0 radical (unpaired) electrons. The molecule has 0 heterocycles. The SMILES string of the molecule is CC(Cc1ccccc1Br)NC(=O)CSCC(N)=O. The molecule has 1 atom stereocenters. The molecule has 4 nitrogen and oxygen atoms in total. The van der Waals surface area contributed by atoms with Gasteiger partial charge in [-0.15, -0.1) is 11.8 Å². The summed E-state index contributed by atoms with van der Waals surface area (Å²) >= 11 is 4.71. The predicted octanol–water partition coefficient (Wildman–Crippen LogP) is 1.71. The van der Waals surface area contributed by atoms with Crippen LogP contribution in [0.15, 0.2) is 28.7 Å². The molecule has 0 fully saturated rings. The molecule has 1 aromatic carbocycles. The lowest BCUT2D eigenvalue weighted by atomic mass is 10.1. The van der Waals surface area contributed by atoms with Crippen LogP contribution in [0.25, 0.3) is 0 Å². The van der Waals surface area contributed by atoms with Crippen molar-refractivity contribution >= 4 is 39.5 Å². The zero-order valence-electron chi connectivity index (χ0n) is 10.7. The maximum Gasteiger partial charge on any atom is 0.230 e. The van der Waals surface area contributed by atoms with Crippen molar-refractivity contribution in [3.8, 4) is 0 Å². The van der Waals surface area contributed by atoms with Gasteiger partial charge in [0.25, 0.3) is 0 Å². The lowest BCUT2D eigenvalue weighted by molar-refractivity contribution is -0.119. The average Bonchev–Trinajstić information content (AvgIpc) is 2.31. The van der Waals surface area contributed by atoms with E-state index in [0.717, 1.165) is 16.5 Å². The highest BCUT2D eigenvalue weighted by Crippen LogP contribution is 2.17. The molecule has 1 unspecified atom stereocenters. The summed E-state index contributed by atoms with van der Waals surface area (Å²) in [7, 11) is 0. The summed E-state index contributed by atoms with van der Waals surface area (Å²) in [4.78, 5) is 22.2. The second-order valence-corrected chi connectivity index (χ2v) is 6.06. The topological polar surface area (TPSA) is 72.2 Å². The normalized spacial score (nSPS) is 11.9. The third-order valence-corrected chi connectivity index (χ3v) is 4.10. The smallest absolute Gasteiger partial charge is 0.230 e. The molecule has 0 bridgehead atoms. The molecule has 3 N–H and O–H groups in total. The molecular formula is C13H17BrN2O2S. The van der Waals surface area contributed by atoms with Crippen molar-refractivity contribution in [2.45, 2.75) is 19.4 Å². The number of benzene rings is 1. The Morgan fingerprint density at radius 2 is 2.05 bits per heavy atom. The molecule has 0 aliphatic heterocycles. The zero-order chi connectivity index (χ0) is 14.3. The van der Waals surface area contributed by atoms with E-state index in [1.165, 1.54) is 11.8 Å². The first-order valence-corrected chi connectivity index (χ1v) is 7.82. The van der Waals surface area contributed by atoms with Gasteiger partial charge in [-0.3, -0.25) is 9.59 Å². The fourth-order valence-corrected chi connectivity index (χ4v) is 2.62. The van der Waals surface area contributed by atoms with Gasteiger partial charge >= 0.3 is 0 Å². The predicted molar refractivity (Wildman–Crippen MR) is 82.0 cm³/mol. The minimum atomic E-state index is -0.404. The Hall–Kier alpha value is -1.01. The molecule has 0 saturated carbocycles. The lowest BCUT2D eigenvalue weighted by Gasteiger charge is -2.14. The summed E-state index contributed by atoms with van der Waals surface area (Å²) < 4.78 is 1.04. The van der Waals surface area contributed by atoms with Gasteiger partial charge in [-0.25, -0.2) is 0 Å². The van der Waals surface area contributed by atoms with E-state index < -0.39 is 5.91 Å². The lowest BCUT2D eigenvalue weighted by Crippen LogP contribution is -2.35. The number of carbonyl (C=O) groups is 2. The van der Waals surface area contributed by atoms with Crippen LogP contribution in [0.4, 0.5) is 0 Å². The summed E-state index contributed by atoms with van der Waals surface area (Å²) in [5.74, 6) is -0.0557. The van der Waals surface area contributed by atoms with Crippen molar-refractivity contribution in [3.63, 3.8) is 0 Å². The van der Waals surface area contributed by atoms with Gasteiger partial charge < -0.3 is 11.1 Å². The number of carbonyl (C=O) groups excluding carboxylic acids is 2. The highest BCUT2D eigenvalue weighted by molar-refractivity contribution is 9.10. The van der Waals surface area contributed by atoms with Crippen molar-refractivity contribution in [1.29, 1.82) is 0 Å². The quantitative estimate of drug-likeness (QED) is 0.790. The number of thioether (sulfide) groups is 1. The van der Waals surface area contributed by atoms with E-state index in [1.807, 2.05) is 31.2 Å². The number of primary amides is 1. The first kappa shape index (κ1) is 16.0. The van der Waals surface area contributed by atoms with Crippen LogP contribution in [0.1, 0.15) is 12.5 Å². The Morgan fingerprint density at radius 1 is 1.37 bits per heavy atom. The van der Waals surface area contributed by atoms with Crippen LogP contribution >= 0.6 is 27.7 Å². The van der Waals surface area contributed by atoms with Gasteiger partial charge in [-0.05, 0) is 25.0 Å². The van der Waals surface area contributed by atoms with Gasteiger partial charge in [0.05, 0.1) is 11.5 Å². The molecule has 0 spiro atoms. The van der Waals surface area contributed by atoms with Gasteiger partial charge in [0, 0.05) is 10.5 Å². The number of hydrogen-bond acceptors (Lipinski definition) is 3. The number of nitrogens with two attached hydrogens (primary N) is 1. The van der Waals surface area contributed by atoms with Gasteiger partial charge in [0.1, 0.15) is 0 Å². The first-order valence-electron chi connectivity index (χ1n) is 5.88. The van der Waals surface area contributed by atoms with Crippen molar-refractivity contribution in [2.24, 2.45) is 5.73 Å². The van der Waals surface area contributed by atoms with Gasteiger partial charge in [0.15, 0.2) is 0 Å². The zero-order valence-corrected chi connectivity index (χ0v) is 13.1. The second-order valence-electron chi connectivity index (χ2n) is 4.22. The molecule has 104 valence electrons. The molecule has 1 aromatic rings. The van der Waals surface area contributed by atoms with Crippen LogP contribution in [0.5, 0.6) is 0 Å². The first-order chi connectivity index (χ1) is 8.99. The highest BCUT2D eigenvalue weighted by Gasteiger charge is 2.10. The van der Waals surface area contributed by atoms with Gasteiger partial charge in [-0.2, -0.15) is 0 Å². The Balaban J connectivity index is 2.34. The van der Waals surface area contributed by atoms with E-state index in [0.29, 0.717) is 0 Å². The summed E-state index contributed by atoms with van der Waals surface area (Å²) in [5.41, 5.74) is 6.15. The third kappa shape index (κ3) is 6.63. The summed E-state index contributed by atoms with van der Waals surface area (Å²) in [6.07, 6.45) is 0.758. The molecule has 0 aliphatic carbocycles. The Kier molecular flexibility index (Phi) is 6.94. The van der Waals surface area contributed by atoms with Crippen LogP contribution in [0.3, 0.4) is 0 Å². The van der Waals surface area contributed by atoms with Crippen LogP contribution in [-0.2, 0) is 16.0 Å². The van der Waals surface area contributed by atoms with Crippen molar-refractivity contribution in [3.05, 3.63) is 34.3 Å². The van der Waals surface area contributed by atoms with Gasteiger partial charge in [-0.1, -0.05) is 34.1 Å². The van der Waals surface area contributed by atoms with E-state index in [4.69, 9.17) is 5.73 Å². The Bertz CT molecular complexity index is 454. The second kappa shape index (κ2) is 8.22. The summed E-state index contributed by atoms with van der Waals surface area (Å²) in [6.45, 7) is 1.95. The molecule has 19 heavy (non-hydrogen) atoms. The molecular weight excluding hydrogens is 328 g/mol. The monoisotopic (exact) mass is 344 g/mol. The largest absolute Gasteiger partial charge is 0.369 e. The highest BCUT2D eigenvalue weighted by atomic mass is 79.9. The molecule has 0 aliphatic rings. The van der Waals surface area contributed by atoms with E-state index in [-0.39, 0.29) is 23.5 Å². The average molecular weight is 345 g/mol. The van der Waals surface area contributed by atoms with Crippen LogP contribution in [-0.4, -0.2) is 29.4 Å². The summed E-state index contributed by atoms with van der Waals surface area (Å²) in [5, 5.41) is 2.90. The standard InChI is InChI=1S/C13H17BrN2O2S/c1-9(6-10-4-2-3-5-11(10)14)16-13(18)8-19-7-12(15)17/h2-5,9H,6-8H2,1H3,(H2,15,17)(H,16,18). The fraction of sp³-hybridized carbons (Fsp3) is 0.385. The molecule has 0 aromatic heterocycles. The number of rotatable bonds is 7.